The topological polar surface area (TPSA) is 113 Å². The fraction of sp³-hybridized carbons (Fsp3) is 0.308. The number of nitrogens with zero attached hydrogens (tertiary/aromatic N) is 1. The van der Waals surface area contributed by atoms with Crippen molar-refractivity contribution in [2.45, 2.75) is 19.0 Å². The average molecular weight is 297 g/mol. The van der Waals surface area contributed by atoms with Crippen LogP contribution in [0, 0.1) is 5.82 Å². The van der Waals surface area contributed by atoms with Crippen molar-refractivity contribution in [1.82, 2.24) is 10.2 Å². The number of primary amides is 1. The van der Waals surface area contributed by atoms with Crippen molar-refractivity contribution in [3.05, 3.63) is 35.6 Å². The maximum Gasteiger partial charge on any atom is 0.326 e. The van der Waals surface area contributed by atoms with Crippen LogP contribution in [-0.2, 0) is 16.1 Å². The minimum absolute atomic E-state index is 0.0403. The van der Waals surface area contributed by atoms with Gasteiger partial charge in [0.15, 0.2) is 0 Å². The van der Waals surface area contributed by atoms with E-state index in [1.54, 1.807) is 6.07 Å². The SMILES string of the molecule is CN(Cc1ccccc1F)C(=O)N[C@H](CC(N)=O)C(=O)O. The number of rotatable bonds is 6. The largest absolute Gasteiger partial charge is 0.480 e. The summed E-state index contributed by atoms with van der Waals surface area (Å²) in [7, 11) is 1.38. The van der Waals surface area contributed by atoms with Crippen molar-refractivity contribution >= 4 is 17.9 Å². The van der Waals surface area contributed by atoms with Gasteiger partial charge in [-0.2, -0.15) is 0 Å². The fourth-order valence-electron chi connectivity index (χ4n) is 1.61. The van der Waals surface area contributed by atoms with E-state index in [-0.39, 0.29) is 12.1 Å². The molecular weight excluding hydrogens is 281 g/mol. The molecule has 0 unspecified atom stereocenters. The van der Waals surface area contributed by atoms with Crippen molar-refractivity contribution in [3.63, 3.8) is 0 Å². The number of nitrogens with one attached hydrogen (secondary N) is 1. The summed E-state index contributed by atoms with van der Waals surface area (Å²) in [4.78, 5) is 34.6. The molecule has 0 bridgehead atoms. The second-order valence-electron chi connectivity index (χ2n) is 4.46. The van der Waals surface area contributed by atoms with Crippen LogP contribution in [0.2, 0.25) is 0 Å². The molecule has 1 rings (SSSR count). The van der Waals surface area contributed by atoms with Crippen LogP contribution >= 0.6 is 0 Å². The van der Waals surface area contributed by atoms with Crippen LogP contribution in [0.15, 0.2) is 24.3 Å². The number of carboxylic acids is 1. The number of halogens is 1. The van der Waals surface area contributed by atoms with Gasteiger partial charge in [0, 0.05) is 19.2 Å². The highest BCUT2D eigenvalue weighted by molar-refractivity contribution is 5.87. The number of carboxylic acid groups (broad SMARTS) is 1. The zero-order valence-electron chi connectivity index (χ0n) is 11.4. The third kappa shape index (κ3) is 5.09. The predicted octanol–water partition coefficient (Wildman–Crippen LogP) is 0.296. The Balaban J connectivity index is 2.67. The monoisotopic (exact) mass is 297 g/mol. The minimum Gasteiger partial charge on any atom is -0.480 e. The van der Waals surface area contributed by atoms with Gasteiger partial charge in [0.05, 0.1) is 6.42 Å². The summed E-state index contributed by atoms with van der Waals surface area (Å²) in [6, 6.07) is 3.75. The third-order valence-corrected chi connectivity index (χ3v) is 2.71. The Bertz CT molecular complexity index is 550. The zero-order chi connectivity index (χ0) is 16.0. The minimum atomic E-state index is -1.42. The molecule has 4 N–H and O–H groups in total. The first-order valence-corrected chi connectivity index (χ1v) is 6.07. The van der Waals surface area contributed by atoms with E-state index in [0.29, 0.717) is 0 Å². The lowest BCUT2D eigenvalue weighted by Crippen LogP contribution is -2.48. The van der Waals surface area contributed by atoms with E-state index in [0.717, 1.165) is 4.90 Å². The number of benzene rings is 1. The molecule has 8 heteroatoms. The number of carbonyl (C=O) groups is 3. The quantitative estimate of drug-likeness (QED) is 0.700. The molecule has 0 saturated heterocycles. The Hall–Kier alpha value is -2.64. The van der Waals surface area contributed by atoms with E-state index in [2.05, 4.69) is 5.32 Å². The summed E-state index contributed by atoms with van der Waals surface area (Å²) in [6.45, 7) is -0.0403. The van der Waals surface area contributed by atoms with Crippen LogP contribution in [0.1, 0.15) is 12.0 Å². The molecular formula is C13H16FN3O4. The summed E-state index contributed by atoms with van der Waals surface area (Å²) >= 11 is 0. The third-order valence-electron chi connectivity index (χ3n) is 2.71. The van der Waals surface area contributed by atoms with Gasteiger partial charge in [0.25, 0.3) is 0 Å². The molecule has 0 aliphatic rings. The van der Waals surface area contributed by atoms with Gasteiger partial charge in [0.2, 0.25) is 5.91 Å². The summed E-state index contributed by atoms with van der Waals surface area (Å²) in [6.07, 6.45) is -0.519. The number of aliphatic carboxylic acids is 1. The predicted molar refractivity (Wildman–Crippen MR) is 71.6 cm³/mol. The second-order valence-corrected chi connectivity index (χ2v) is 4.46. The van der Waals surface area contributed by atoms with Crippen molar-refractivity contribution in [2.24, 2.45) is 5.73 Å². The summed E-state index contributed by atoms with van der Waals surface area (Å²) in [5.41, 5.74) is 5.20. The number of urea groups is 1. The van der Waals surface area contributed by atoms with Crippen molar-refractivity contribution < 1.29 is 23.9 Å². The maximum absolute atomic E-state index is 13.5. The van der Waals surface area contributed by atoms with Gasteiger partial charge in [-0.05, 0) is 6.07 Å². The summed E-state index contributed by atoms with van der Waals surface area (Å²) in [5, 5.41) is 11.0. The van der Waals surface area contributed by atoms with Crippen molar-refractivity contribution in [3.8, 4) is 0 Å². The molecule has 0 fully saturated rings. The Morgan fingerprint density at radius 3 is 2.52 bits per heavy atom. The highest BCUT2D eigenvalue weighted by Crippen LogP contribution is 2.09. The molecule has 0 saturated carbocycles. The first-order valence-electron chi connectivity index (χ1n) is 6.07. The zero-order valence-corrected chi connectivity index (χ0v) is 11.4. The average Bonchev–Trinajstić information content (AvgIpc) is 2.39. The van der Waals surface area contributed by atoms with E-state index in [9.17, 15) is 18.8 Å². The van der Waals surface area contributed by atoms with Crippen LogP contribution in [0.5, 0.6) is 0 Å². The molecule has 21 heavy (non-hydrogen) atoms. The van der Waals surface area contributed by atoms with Gasteiger partial charge in [-0.3, -0.25) is 4.79 Å². The molecule has 7 nitrogen and oxygen atoms in total. The van der Waals surface area contributed by atoms with E-state index < -0.39 is 36.2 Å². The van der Waals surface area contributed by atoms with Gasteiger partial charge < -0.3 is 21.1 Å². The summed E-state index contributed by atoms with van der Waals surface area (Å²) < 4.78 is 13.5. The fourth-order valence-corrected chi connectivity index (χ4v) is 1.61. The standard InChI is InChI=1S/C13H16FN3O4/c1-17(7-8-4-2-3-5-9(8)14)13(21)16-10(12(19)20)6-11(15)18/h2-5,10H,6-7H2,1H3,(H2,15,18)(H,16,21)(H,19,20)/t10-/m1/s1. The van der Waals surface area contributed by atoms with E-state index >= 15 is 0 Å². The number of nitrogens with two attached hydrogens (primary N) is 1. The lowest BCUT2D eigenvalue weighted by Gasteiger charge is -2.21. The molecule has 0 aliphatic heterocycles. The van der Waals surface area contributed by atoms with Gasteiger partial charge in [-0.1, -0.05) is 18.2 Å². The lowest BCUT2D eigenvalue weighted by atomic mass is 10.2. The Morgan fingerprint density at radius 1 is 1.38 bits per heavy atom. The first-order chi connectivity index (χ1) is 9.81. The van der Waals surface area contributed by atoms with Crippen molar-refractivity contribution in [2.75, 3.05) is 7.05 Å². The van der Waals surface area contributed by atoms with E-state index in [1.165, 1.54) is 25.2 Å². The van der Waals surface area contributed by atoms with Gasteiger partial charge in [-0.25, -0.2) is 14.0 Å². The van der Waals surface area contributed by atoms with Crippen LogP contribution in [0.25, 0.3) is 0 Å². The van der Waals surface area contributed by atoms with Crippen LogP contribution in [0.3, 0.4) is 0 Å². The molecule has 1 atom stereocenters. The van der Waals surface area contributed by atoms with Crippen LogP contribution in [-0.4, -0.2) is 41.0 Å². The molecule has 0 radical (unpaired) electrons. The molecule has 1 aromatic rings. The molecule has 0 aromatic heterocycles. The Morgan fingerprint density at radius 2 is 2.00 bits per heavy atom. The molecule has 0 heterocycles. The highest BCUT2D eigenvalue weighted by Gasteiger charge is 2.23. The number of hydrogen-bond donors (Lipinski definition) is 3. The maximum atomic E-state index is 13.5. The second kappa shape index (κ2) is 7.22. The van der Waals surface area contributed by atoms with E-state index in [4.69, 9.17) is 10.8 Å². The molecule has 3 amide bonds. The van der Waals surface area contributed by atoms with Gasteiger partial charge >= 0.3 is 12.0 Å². The number of amides is 3. The summed E-state index contributed by atoms with van der Waals surface area (Å²) in [5.74, 6) is -2.69. The lowest BCUT2D eigenvalue weighted by molar-refractivity contribution is -0.140. The highest BCUT2D eigenvalue weighted by atomic mass is 19.1. The molecule has 0 aliphatic carbocycles. The first kappa shape index (κ1) is 16.4. The molecule has 0 spiro atoms. The van der Waals surface area contributed by atoms with Crippen LogP contribution < -0.4 is 11.1 Å². The molecule has 114 valence electrons. The van der Waals surface area contributed by atoms with Crippen LogP contribution in [0.4, 0.5) is 9.18 Å². The smallest absolute Gasteiger partial charge is 0.326 e. The normalized spacial score (nSPS) is 11.5. The van der Waals surface area contributed by atoms with Gasteiger partial charge in [-0.15, -0.1) is 0 Å². The van der Waals surface area contributed by atoms with E-state index in [1.807, 2.05) is 0 Å². The van der Waals surface area contributed by atoms with Crippen molar-refractivity contribution in [1.29, 1.82) is 0 Å². The Labute approximate surface area is 120 Å². The Kier molecular flexibility index (Phi) is 5.65. The number of carbonyl (C=O) groups excluding carboxylic acids is 2. The van der Waals surface area contributed by atoms with Gasteiger partial charge in [0.1, 0.15) is 11.9 Å². The number of hydrogen-bond acceptors (Lipinski definition) is 3. The molecule has 1 aromatic carbocycles.